The Bertz CT molecular complexity index is 1070. The van der Waals surface area contributed by atoms with Gasteiger partial charge in [-0.1, -0.05) is 37.1 Å². The van der Waals surface area contributed by atoms with Gasteiger partial charge in [0.05, 0.1) is 10.1 Å². The van der Waals surface area contributed by atoms with Gasteiger partial charge in [-0.25, -0.2) is 8.42 Å². The van der Waals surface area contributed by atoms with Crippen molar-refractivity contribution < 1.29 is 36.0 Å². The highest BCUT2D eigenvalue weighted by Crippen LogP contribution is 2.38. The number of carbonyl (C=O) groups excluding carboxylic acids is 3. The number of aldehydes is 1. The molecular weight excluding hydrogens is 529 g/mol. The first-order valence-corrected chi connectivity index (χ1v) is 13.3. The standard InChI is InChI=1S/C13H18O2S.C9H9ClO.C2H3F3.C2H4O.CH2O/c1-3-11-8-13(9-11)16(14,15)12-6-4-5-10(2)7-12;1-6-5-8(10)3-4-9(6)7(2)11;1-2(3,4)5;1-2-3;1-2/h4-7,11,13H,3,8-9H2,1-2H3;3-5H,1-2H3;1H3;2H,1H3;1H2. The number of ketones is 1. The Morgan fingerprint density at radius 2 is 1.59 bits per heavy atom. The van der Waals surface area contributed by atoms with Gasteiger partial charge in [0.25, 0.3) is 0 Å². The molecule has 0 aromatic heterocycles. The number of benzene rings is 2. The summed E-state index contributed by atoms with van der Waals surface area (Å²) in [5.41, 5.74) is 2.69. The lowest BCUT2D eigenvalue weighted by atomic mass is 9.83. The van der Waals surface area contributed by atoms with Crippen LogP contribution in [0.1, 0.15) is 68.4 Å². The third-order valence-corrected chi connectivity index (χ3v) is 7.50. The topological polar surface area (TPSA) is 85.3 Å². The van der Waals surface area contributed by atoms with E-state index in [0.717, 1.165) is 42.2 Å². The molecule has 0 heterocycles. The van der Waals surface area contributed by atoms with Crippen LogP contribution in [0.5, 0.6) is 0 Å². The van der Waals surface area contributed by atoms with Crippen LogP contribution in [-0.2, 0) is 19.4 Å². The third-order valence-electron chi connectivity index (χ3n) is 5.09. The summed E-state index contributed by atoms with van der Waals surface area (Å²) < 4.78 is 55.5. The van der Waals surface area contributed by atoms with Crippen molar-refractivity contribution in [2.45, 2.75) is 77.1 Å². The van der Waals surface area contributed by atoms with E-state index >= 15 is 0 Å². The maximum absolute atomic E-state index is 12.2. The van der Waals surface area contributed by atoms with E-state index in [2.05, 4.69) is 6.92 Å². The van der Waals surface area contributed by atoms with Gasteiger partial charge in [0, 0.05) is 17.5 Å². The van der Waals surface area contributed by atoms with Gasteiger partial charge in [0.1, 0.15) is 13.1 Å². The Morgan fingerprint density at radius 3 is 1.97 bits per heavy atom. The maximum atomic E-state index is 12.2. The van der Waals surface area contributed by atoms with Gasteiger partial charge in [-0.2, -0.15) is 13.2 Å². The molecule has 1 fully saturated rings. The summed E-state index contributed by atoms with van der Waals surface area (Å²) in [6.07, 6.45) is -0.473. The smallest absolute Gasteiger partial charge is 0.307 e. The van der Waals surface area contributed by atoms with Crippen LogP contribution < -0.4 is 0 Å². The highest BCUT2D eigenvalue weighted by molar-refractivity contribution is 7.92. The van der Waals surface area contributed by atoms with E-state index in [-0.39, 0.29) is 18.0 Å². The molecule has 1 saturated carbocycles. The lowest BCUT2D eigenvalue weighted by Gasteiger charge is -2.34. The number of aryl methyl sites for hydroxylation is 2. The molecule has 2 aromatic rings. The van der Waals surface area contributed by atoms with E-state index in [4.69, 9.17) is 21.2 Å². The average molecular weight is 565 g/mol. The van der Waals surface area contributed by atoms with Crippen LogP contribution in [0.2, 0.25) is 5.02 Å². The zero-order valence-electron chi connectivity index (χ0n) is 22.1. The SMILES string of the molecule is C=O.CC(=O)c1ccc(Cl)cc1C.CC(F)(F)F.CC=O.CCC1CC(S(=O)(=O)c2cccc(C)c2)C1. The molecule has 0 unspecified atom stereocenters. The van der Waals surface area contributed by atoms with Gasteiger partial charge in [-0.05, 0) is 87.9 Å². The van der Waals surface area contributed by atoms with Crippen molar-refractivity contribution in [3.8, 4) is 0 Å². The predicted octanol–water partition coefficient (Wildman–Crippen LogP) is 7.40. The predicted molar refractivity (Wildman–Crippen MR) is 142 cm³/mol. The Hall–Kier alpha value is -2.52. The summed E-state index contributed by atoms with van der Waals surface area (Å²) in [5, 5.41) is 0.534. The number of sulfone groups is 1. The molecule has 0 aliphatic heterocycles. The molecule has 10 heteroatoms. The van der Waals surface area contributed by atoms with Crippen molar-refractivity contribution in [1.29, 1.82) is 0 Å². The lowest BCUT2D eigenvalue weighted by Crippen LogP contribution is -2.35. The fourth-order valence-electron chi connectivity index (χ4n) is 3.27. The third kappa shape index (κ3) is 15.4. The summed E-state index contributed by atoms with van der Waals surface area (Å²) in [6.45, 7) is 11.1. The fourth-order valence-corrected chi connectivity index (χ4v) is 5.55. The van der Waals surface area contributed by atoms with Crippen LogP contribution in [0.3, 0.4) is 0 Å². The van der Waals surface area contributed by atoms with E-state index < -0.39 is 16.0 Å². The van der Waals surface area contributed by atoms with Crippen LogP contribution >= 0.6 is 11.6 Å². The zero-order chi connectivity index (χ0) is 29.4. The van der Waals surface area contributed by atoms with Crippen molar-refractivity contribution in [3.63, 3.8) is 0 Å². The van der Waals surface area contributed by atoms with E-state index in [9.17, 15) is 26.4 Å². The largest absolute Gasteiger partial charge is 0.386 e. The van der Waals surface area contributed by atoms with Crippen LogP contribution in [-0.4, -0.2) is 38.7 Å². The molecule has 0 radical (unpaired) electrons. The van der Waals surface area contributed by atoms with Crippen LogP contribution in [0.15, 0.2) is 47.4 Å². The minimum atomic E-state index is -4.00. The second kappa shape index (κ2) is 17.9. The molecule has 0 atom stereocenters. The number of hydrogen-bond acceptors (Lipinski definition) is 5. The highest BCUT2D eigenvalue weighted by Gasteiger charge is 2.38. The molecule has 2 aromatic carbocycles. The van der Waals surface area contributed by atoms with Crippen LogP contribution in [0, 0.1) is 19.8 Å². The van der Waals surface area contributed by atoms with Crippen LogP contribution in [0.4, 0.5) is 13.2 Å². The highest BCUT2D eigenvalue weighted by atomic mass is 35.5. The zero-order valence-corrected chi connectivity index (χ0v) is 23.6. The molecule has 0 spiro atoms. The second-order valence-corrected chi connectivity index (χ2v) is 10.9. The number of alkyl halides is 3. The molecule has 37 heavy (non-hydrogen) atoms. The van der Waals surface area contributed by atoms with Gasteiger partial charge in [0.15, 0.2) is 15.6 Å². The number of rotatable bonds is 4. The van der Waals surface area contributed by atoms with Crippen molar-refractivity contribution >= 4 is 40.3 Å². The van der Waals surface area contributed by atoms with Gasteiger partial charge < -0.3 is 9.59 Å². The molecule has 1 aliphatic carbocycles. The van der Waals surface area contributed by atoms with E-state index in [1.54, 1.807) is 37.3 Å². The van der Waals surface area contributed by atoms with E-state index in [0.29, 0.717) is 15.8 Å². The molecule has 5 nitrogen and oxygen atoms in total. The van der Waals surface area contributed by atoms with Crippen molar-refractivity contribution in [1.82, 2.24) is 0 Å². The number of Topliss-reactive ketones (excluding diaryl/α,β-unsaturated/α-hetero) is 1. The molecule has 3 rings (SSSR count). The van der Waals surface area contributed by atoms with Crippen molar-refractivity contribution in [2.75, 3.05) is 0 Å². The van der Waals surface area contributed by atoms with Gasteiger partial charge >= 0.3 is 6.18 Å². The minimum Gasteiger partial charge on any atom is -0.307 e. The summed E-state index contributed by atoms with van der Waals surface area (Å²) in [5.74, 6) is 0.698. The molecule has 0 amide bonds. The first-order valence-electron chi connectivity index (χ1n) is 11.4. The Morgan fingerprint density at radius 1 is 1.11 bits per heavy atom. The Balaban J connectivity index is 0. The number of carbonyl (C=O) groups is 3. The molecule has 0 saturated heterocycles. The first-order chi connectivity index (χ1) is 17.1. The van der Waals surface area contributed by atoms with E-state index in [1.165, 1.54) is 6.92 Å². The quantitative estimate of drug-likeness (QED) is 0.285. The van der Waals surface area contributed by atoms with Gasteiger partial charge in [0.2, 0.25) is 0 Å². The Labute approximate surface area is 223 Å². The van der Waals surface area contributed by atoms with Gasteiger partial charge in [-0.3, -0.25) is 4.79 Å². The van der Waals surface area contributed by atoms with E-state index in [1.807, 2.05) is 32.8 Å². The normalized spacial score (nSPS) is 15.8. The average Bonchev–Trinajstić information content (AvgIpc) is 2.74. The summed E-state index contributed by atoms with van der Waals surface area (Å²) in [4.78, 5) is 28.2. The number of halogens is 4. The second-order valence-electron chi connectivity index (χ2n) is 8.26. The minimum absolute atomic E-state index is 0.0826. The van der Waals surface area contributed by atoms with Gasteiger partial charge in [-0.15, -0.1) is 0 Å². The maximum Gasteiger partial charge on any atom is 0.386 e. The summed E-state index contributed by atoms with van der Waals surface area (Å²) in [7, 11) is -3.07. The summed E-state index contributed by atoms with van der Waals surface area (Å²) in [6, 6.07) is 12.5. The molecule has 0 N–H and O–H groups in total. The molecule has 0 bridgehead atoms. The van der Waals surface area contributed by atoms with Crippen molar-refractivity contribution in [3.05, 3.63) is 64.2 Å². The first kappa shape index (κ1) is 36.6. The summed E-state index contributed by atoms with van der Waals surface area (Å²) >= 11 is 5.71. The lowest BCUT2D eigenvalue weighted by molar-refractivity contribution is -0.110. The molecule has 208 valence electrons. The fraction of sp³-hybridized carbons (Fsp3) is 0.444. The van der Waals surface area contributed by atoms with Crippen LogP contribution in [0.25, 0.3) is 0 Å². The monoisotopic (exact) mass is 564 g/mol. The Kier molecular flexibility index (Phi) is 17.7. The van der Waals surface area contributed by atoms with Crippen molar-refractivity contribution in [2.24, 2.45) is 5.92 Å². The molecule has 1 aliphatic rings. The molecular formula is C27H36ClF3O5S. The number of hydrogen-bond donors (Lipinski definition) is 0.